The average molecular weight is 311 g/mol. The highest BCUT2D eigenvalue weighted by atomic mass is 32.2. The standard InChI is InChI=1S/C14H21N3O3S/c1-10-13(14(18)16-11-4-2-3-5-11)8-15-17(10)12-6-7-21(19,20)9-12/h8,11-12H,2-7,9H2,1H3,(H,16,18)/t12-/m1/s1. The molecule has 0 spiro atoms. The molecule has 0 radical (unpaired) electrons. The van der Waals surface area contributed by atoms with E-state index < -0.39 is 9.84 Å². The molecule has 0 bridgehead atoms. The molecule has 7 heteroatoms. The number of nitrogens with one attached hydrogen (secondary N) is 1. The van der Waals surface area contributed by atoms with Crippen LogP contribution in [0, 0.1) is 6.92 Å². The first kappa shape index (κ1) is 14.6. The number of aromatic nitrogens is 2. The van der Waals surface area contributed by atoms with Gasteiger partial charge in [0, 0.05) is 11.7 Å². The fraction of sp³-hybridized carbons (Fsp3) is 0.714. The van der Waals surface area contributed by atoms with Crippen molar-refractivity contribution < 1.29 is 13.2 Å². The molecular formula is C14H21N3O3S. The number of carbonyl (C=O) groups is 1. The maximum Gasteiger partial charge on any atom is 0.254 e. The Balaban J connectivity index is 1.74. The second-order valence-corrected chi connectivity index (χ2v) is 8.33. The monoisotopic (exact) mass is 311 g/mol. The van der Waals surface area contributed by atoms with E-state index in [1.807, 2.05) is 6.92 Å². The van der Waals surface area contributed by atoms with Crippen molar-refractivity contribution in [2.45, 2.75) is 51.1 Å². The van der Waals surface area contributed by atoms with Crippen LogP contribution in [-0.4, -0.2) is 41.7 Å². The zero-order valence-electron chi connectivity index (χ0n) is 12.2. The first-order valence-electron chi connectivity index (χ1n) is 7.52. The van der Waals surface area contributed by atoms with E-state index in [1.165, 1.54) is 12.8 Å². The van der Waals surface area contributed by atoms with Crippen molar-refractivity contribution in [2.75, 3.05) is 11.5 Å². The summed E-state index contributed by atoms with van der Waals surface area (Å²) in [5.41, 5.74) is 1.32. The van der Waals surface area contributed by atoms with Gasteiger partial charge in [-0.05, 0) is 26.2 Å². The maximum atomic E-state index is 12.3. The summed E-state index contributed by atoms with van der Waals surface area (Å²) in [7, 11) is -2.95. The predicted molar refractivity (Wildman–Crippen MR) is 79.0 cm³/mol. The Hall–Kier alpha value is -1.37. The third-order valence-electron chi connectivity index (χ3n) is 4.53. The molecule has 0 unspecified atom stereocenters. The SMILES string of the molecule is Cc1c(C(=O)NC2CCCC2)cnn1[C@@H]1CCS(=O)(=O)C1. The van der Waals surface area contributed by atoms with E-state index in [9.17, 15) is 13.2 Å². The van der Waals surface area contributed by atoms with Gasteiger partial charge in [-0.25, -0.2) is 8.42 Å². The summed E-state index contributed by atoms with van der Waals surface area (Å²) in [5.74, 6) is 0.242. The zero-order valence-corrected chi connectivity index (χ0v) is 13.0. The minimum Gasteiger partial charge on any atom is -0.349 e. The van der Waals surface area contributed by atoms with Crippen molar-refractivity contribution in [3.63, 3.8) is 0 Å². The molecule has 1 aromatic rings. The topological polar surface area (TPSA) is 81.1 Å². The molecule has 1 aromatic heterocycles. The van der Waals surface area contributed by atoms with Crippen LogP contribution in [0.25, 0.3) is 0 Å². The largest absolute Gasteiger partial charge is 0.349 e. The van der Waals surface area contributed by atoms with Crippen molar-refractivity contribution in [3.8, 4) is 0 Å². The quantitative estimate of drug-likeness (QED) is 0.910. The smallest absolute Gasteiger partial charge is 0.254 e. The second-order valence-electron chi connectivity index (χ2n) is 6.10. The lowest BCUT2D eigenvalue weighted by Crippen LogP contribution is -2.32. The fourth-order valence-corrected chi connectivity index (χ4v) is 5.01. The summed E-state index contributed by atoms with van der Waals surface area (Å²) in [4.78, 5) is 12.3. The zero-order chi connectivity index (χ0) is 15.0. The molecule has 2 heterocycles. The second kappa shape index (κ2) is 5.44. The molecule has 6 nitrogen and oxygen atoms in total. The molecule has 1 atom stereocenters. The number of sulfone groups is 1. The van der Waals surface area contributed by atoms with E-state index >= 15 is 0 Å². The van der Waals surface area contributed by atoms with Gasteiger partial charge in [-0.15, -0.1) is 0 Å². The first-order valence-corrected chi connectivity index (χ1v) is 9.34. The number of amides is 1. The molecule has 116 valence electrons. The van der Waals surface area contributed by atoms with E-state index in [4.69, 9.17) is 0 Å². The molecule has 0 aromatic carbocycles. The molecule has 2 aliphatic rings. The Morgan fingerprint density at radius 2 is 2.05 bits per heavy atom. The first-order chi connectivity index (χ1) is 9.96. The third kappa shape index (κ3) is 2.97. The Labute approximate surface area is 124 Å². The fourth-order valence-electron chi connectivity index (χ4n) is 3.32. The molecule has 1 aliphatic heterocycles. The highest BCUT2D eigenvalue weighted by Crippen LogP contribution is 2.25. The summed E-state index contributed by atoms with van der Waals surface area (Å²) in [6, 6.07) is 0.134. The lowest BCUT2D eigenvalue weighted by Gasteiger charge is -2.13. The molecule has 3 rings (SSSR count). The van der Waals surface area contributed by atoms with Crippen LogP contribution in [0.4, 0.5) is 0 Å². The number of nitrogens with zero attached hydrogens (tertiary/aromatic N) is 2. The van der Waals surface area contributed by atoms with Crippen molar-refractivity contribution in [3.05, 3.63) is 17.5 Å². The van der Waals surface area contributed by atoms with Gasteiger partial charge in [0.25, 0.3) is 5.91 Å². The number of hydrogen-bond donors (Lipinski definition) is 1. The Kier molecular flexibility index (Phi) is 3.77. The van der Waals surface area contributed by atoms with Crippen LogP contribution < -0.4 is 5.32 Å². The van der Waals surface area contributed by atoms with Gasteiger partial charge in [0.2, 0.25) is 0 Å². The lowest BCUT2D eigenvalue weighted by atomic mass is 10.2. The highest BCUT2D eigenvalue weighted by molar-refractivity contribution is 7.91. The van der Waals surface area contributed by atoms with Crippen LogP contribution in [-0.2, 0) is 9.84 Å². The van der Waals surface area contributed by atoms with Gasteiger partial charge in [0.1, 0.15) is 0 Å². The van der Waals surface area contributed by atoms with Crippen LogP contribution in [0.3, 0.4) is 0 Å². The summed E-state index contributed by atoms with van der Waals surface area (Å²) >= 11 is 0. The minimum absolute atomic E-state index is 0.0912. The molecular weight excluding hydrogens is 290 g/mol. The van der Waals surface area contributed by atoms with Crippen molar-refractivity contribution >= 4 is 15.7 Å². The summed E-state index contributed by atoms with van der Waals surface area (Å²) in [6.07, 6.45) is 6.56. The van der Waals surface area contributed by atoms with Gasteiger partial charge >= 0.3 is 0 Å². The number of rotatable bonds is 3. The van der Waals surface area contributed by atoms with Crippen LogP contribution in [0.15, 0.2) is 6.20 Å². The summed E-state index contributed by atoms with van der Waals surface area (Å²) in [5, 5.41) is 7.30. The Morgan fingerprint density at radius 3 is 2.67 bits per heavy atom. The average Bonchev–Trinajstić information content (AvgIpc) is 3.10. The van der Waals surface area contributed by atoms with Gasteiger partial charge in [-0.3, -0.25) is 9.48 Å². The number of hydrogen-bond acceptors (Lipinski definition) is 4. The summed E-state index contributed by atoms with van der Waals surface area (Å²) < 4.78 is 24.9. The van der Waals surface area contributed by atoms with Crippen LogP contribution in [0.2, 0.25) is 0 Å². The van der Waals surface area contributed by atoms with Crippen molar-refractivity contribution in [1.82, 2.24) is 15.1 Å². The van der Waals surface area contributed by atoms with Crippen LogP contribution >= 0.6 is 0 Å². The van der Waals surface area contributed by atoms with E-state index in [-0.39, 0.29) is 29.5 Å². The molecule has 1 aliphatic carbocycles. The van der Waals surface area contributed by atoms with E-state index in [1.54, 1.807) is 10.9 Å². The van der Waals surface area contributed by atoms with E-state index in [0.717, 1.165) is 18.5 Å². The molecule has 1 saturated heterocycles. The van der Waals surface area contributed by atoms with Crippen molar-refractivity contribution in [1.29, 1.82) is 0 Å². The van der Waals surface area contributed by atoms with Crippen LogP contribution in [0.5, 0.6) is 0 Å². The highest BCUT2D eigenvalue weighted by Gasteiger charge is 2.31. The molecule has 2 fully saturated rings. The molecule has 1 amide bonds. The summed E-state index contributed by atoms with van der Waals surface area (Å²) in [6.45, 7) is 1.83. The van der Waals surface area contributed by atoms with E-state index in [2.05, 4.69) is 10.4 Å². The van der Waals surface area contributed by atoms with Crippen molar-refractivity contribution in [2.24, 2.45) is 0 Å². The van der Waals surface area contributed by atoms with E-state index in [0.29, 0.717) is 12.0 Å². The van der Waals surface area contributed by atoms with Gasteiger partial charge in [-0.2, -0.15) is 5.10 Å². The minimum atomic E-state index is -2.95. The maximum absolute atomic E-state index is 12.3. The lowest BCUT2D eigenvalue weighted by molar-refractivity contribution is 0.0937. The number of carbonyl (C=O) groups excluding carboxylic acids is 1. The van der Waals surface area contributed by atoms with Gasteiger partial charge < -0.3 is 5.32 Å². The Bertz CT molecular complexity index is 644. The Morgan fingerprint density at radius 1 is 1.33 bits per heavy atom. The van der Waals surface area contributed by atoms with Gasteiger partial charge in [0.15, 0.2) is 9.84 Å². The van der Waals surface area contributed by atoms with Gasteiger partial charge in [0.05, 0.1) is 29.3 Å². The molecule has 21 heavy (non-hydrogen) atoms. The predicted octanol–water partition coefficient (Wildman–Crippen LogP) is 1.22. The molecule has 1 saturated carbocycles. The normalized spacial score (nSPS) is 25.3. The molecule has 1 N–H and O–H groups in total. The van der Waals surface area contributed by atoms with Crippen LogP contribution in [0.1, 0.15) is 54.2 Å². The van der Waals surface area contributed by atoms with Gasteiger partial charge in [-0.1, -0.05) is 12.8 Å². The third-order valence-corrected chi connectivity index (χ3v) is 6.28.